The van der Waals surface area contributed by atoms with Crippen molar-refractivity contribution >= 4 is 29.1 Å². The molecule has 0 aromatic heterocycles. The average Bonchev–Trinajstić information content (AvgIpc) is 2.59. The molecule has 0 saturated heterocycles. The van der Waals surface area contributed by atoms with Gasteiger partial charge in [0.2, 0.25) is 0 Å². The Morgan fingerprint density at radius 1 is 1.04 bits per heavy atom. The van der Waals surface area contributed by atoms with Crippen LogP contribution in [0.4, 0.5) is 4.39 Å². The Morgan fingerprint density at radius 2 is 1.54 bits per heavy atom. The van der Waals surface area contributed by atoms with Gasteiger partial charge in [-0.05, 0) is 23.6 Å². The van der Waals surface area contributed by atoms with Crippen LogP contribution in [0.5, 0.6) is 0 Å². The van der Waals surface area contributed by atoms with Gasteiger partial charge in [-0.15, -0.1) is 0 Å². The first-order valence-corrected chi connectivity index (χ1v) is 8.61. The van der Waals surface area contributed by atoms with Gasteiger partial charge < -0.3 is 5.32 Å². The first kappa shape index (κ1) is 18.8. The predicted molar refractivity (Wildman–Crippen MR) is 98.4 cm³/mol. The van der Waals surface area contributed by atoms with E-state index >= 15 is 0 Å². The minimum absolute atomic E-state index is 0.196. The van der Waals surface area contributed by atoms with Crippen molar-refractivity contribution < 1.29 is 9.18 Å². The summed E-state index contributed by atoms with van der Waals surface area (Å²) in [4.78, 5) is 10.4. The highest BCUT2D eigenvalue weighted by Gasteiger charge is 2.23. The van der Waals surface area contributed by atoms with Gasteiger partial charge in [-0.3, -0.25) is 4.79 Å². The topological polar surface area (TPSA) is 29.1 Å². The molecule has 2 rings (SSSR count). The highest BCUT2D eigenvalue weighted by Crippen LogP contribution is 2.25. The minimum atomic E-state index is -1.20. The van der Waals surface area contributed by atoms with Gasteiger partial charge in [-0.25, -0.2) is 4.39 Å². The lowest BCUT2D eigenvalue weighted by Crippen LogP contribution is -2.42. The van der Waals surface area contributed by atoms with E-state index in [1.54, 1.807) is 0 Å². The second-order valence-electron chi connectivity index (χ2n) is 5.85. The summed E-state index contributed by atoms with van der Waals surface area (Å²) >= 11 is 11.0. The van der Waals surface area contributed by atoms with E-state index in [9.17, 15) is 9.18 Å². The van der Waals surface area contributed by atoms with Gasteiger partial charge >= 0.3 is 0 Å². The third kappa shape index (κ3) is 4.71. The monoisotopic (exact) mass is 367 g/mol. The number of hydrogen-bond donors (Lipinski definition) is 1. The van der Waals surface area contributed by atoms with E-state index in [-0.39, 0.29) is 5.92 Å². The summed E-state index contributed by atoms with van der Waals surface area (Å²) in [6.07, 6.45) is 0. The first-order chi connectivity index (χ1) is 11.4. The van der Waals surface area contributed by atoms with Crippen molar-refractivity contribution in [3.05, 3.63) is 59.7 Å². The number of benzene rings is 2. The maximum atomic E-state index is 13.3. The molecule has 0 spiro atoms. The van der Waals surface area contributed by atoms with E-state index < -0.39 is 23.5 Å². The van der Waals surface area contributed by atoms with Crippen LogP contribution in [0.15, 0.2) is 48.5 Å². The summed E-state index contributed by atoms with van der Waals surface area (Å²) in [6, 6.07) is 15.5. The fourth-order valence-corrected chi connectivity index (χ4v) is 2.63. The Bertz CT molecular complexity index is 671. The van der Waals surface area contributed by atoms with E-state index in [4.69, 9.17) is 23.2 Å². The van der Waals surface area contributed by atoms with Crippen LogP contribution in [-0.2, 0) is 4.79 Å². The number of halogens is 3. The average molecular weight is 368 g/mol. The lowest BCUT2D eigenvalue weighted by Gasteiger charge is -2.23. The van der Waals surface area contributed by atoms with Crippen molar-refractivity contribution in [2.45, 2.75) is 30.6 Å². The van der Waals surface area contributed by atoms with Gasteiger partial charge in [-0.2, -0.15) is 0 Å². The minimum Gasteiger partial charge on any atom is -0.348 e. The van der Waals surface area contributed by atoms with Crippen LogP contribution >= 0.6 is 23.2 Å². The highest BCUT2D eigenvalue weighted by molar-refractivity contribution is 6.53. The Labute approximate surface area is 152 Å². The number of carbonyl (C=O) groups excluding carboxylic acids is 1. The molecule has 24 heavy (non-hydrogen) atoms. The molecule has 0 aliphatic carbocycles. The van der Waals surface area contributed by atoms with Crippen LogP contribution < -0.4 is 5.32 Å². The van der Waals surface area contributed by atoms with Crippen molar-refractivity contribution in [3.8, 4) is 11.1 Å². The third-order valence-corrected chi connectivity index (χ3v) is 4.51. The number of nitrogens with one attached hydrogen (secondary N) is 1. The summed E-state index contributed by atoms with van der Waals surface area (Å²) in [5.41, 5.74) is 4.37. The highest BCUT2D eigenvalue weighted by atomic mass is 35.5. The van der Waals surface area contributed by atoms with Crippen LogP contribution in [0, 0.1) is 6.92 Å². The van der Waals surface area contributed by atoms with Crippen LogP contribution in [-0.4, -0.2) is 23.5 Å². The third-order valence-electron chi connectivity index (χ3n) is 4.12. The fourth-order valence-electron chi connectivity index (χ4n) is 2.50. The second-order valence-corrected chi connectivity index (χ2v) is 6.94. The maximum absolute atomic E-state index is 13.3. The number of aryl methyl sites for hydroxylation is 1. The molecule has 0 bridgehead atoms. The van der Waals surface area contributed by atoms with Crippen molar-refractivity contribution in [2.24, 2.45) is 0 Å². The van der Waals surface area contributed by atoms with Crippen molar-refractivity contribution in [2.75, 3.05) is 6.67 Å². The zero-order chi connectivity index (χ0) is 17.7. The standard InChI is InChI=1S/C19H20Cl2FNO/c1-12-3-5-15(6-4-12)16-9-7-14(8-10-16)13(2)17(11-22)23-19(24)18(20)21/h3-10,13,17-18H,11H2,1-2H3,(H,23,24). The largest absolute Gasteiger partial charge is 0.348 e. The molecule has 2 unspecified atom stereocenters. The van der Waals surface area contributed by atoms with E-state index in [2.05, 4.69) is 29.6 Å². The van der Waals surface area contributed by atoms with Crippen LogP contribution in [0.25, 0.3) is 11.1 Å². The molecular weight excluding hydrogens is 348 g/mol. The smallest absolute Gasteiger partial charge is 0.253 e. The molecule has 128 valence electrons. The van der Waals surface area contributed by atoms with Gasteiger partial charge in [0.05, 0.1) is 6.04 Å². The summed E-state index contributed by atoms with van der Waals surface area (Å²) in [6.45, 7) is 3.22. The number of carbonyl (C=O) groups is 1. The van der Waals surface area contributed by atoms with Crippen LogP contribution in [0.3, 0.4) is 0 Å². The molecule has 0 heterocycles. The zero-order valence-electron chi connectivity index (χ0n) is 13.6. The zero-order valence-corrected chi connectivity index (χ0v) is 15.1. The van der Waals surface area contributed by atoms with E-state index in [0.29, 0.717) is 0 Å². The number of alkyl halides is 3. The number of hydrogen-bond acceptors (Lipinski definition) is 1. The van der Waals surface area contributed by atoms with Crippen molar-refractivity contribution in [1.29, 1.82) is 0 Å². The Morgan fingerprint density at radius 3 is 2.00 bits per heavy atom. The predicted octanol–water partition coefficient (Wildman–Crippen LogP) is 5.02. The molecule has 2 aromatic rings. The molecule has 0 aliphatic rings. The second kappa shape index (κ2) is 8.50. The summed E-state index contributed by atoms with van der Waals surface area (Å²) in [7, 11) is 0. The first-order valence-electron chi connectivity index (χ1n) is 7.74. The summed E-state index contributed by atoms with van der Waals surface area (Å²) in [5.74, 6) is -0.776. The quantitative estimate of drug-likeness (QED) is 0.713. The Balaban J connectivity index is 2.13. The Kier molecular flexibility index (Phi) is 6.64. The lowest BCUT2D eigenvalue weighted by molar-refractivity contribution is -0.120. The molecule has 0 saturated carbocycles. The summed E-state index contributed by atoms with van der Waals surface area (Å²) < 4.78 is 13.3. The van der Waals surface area contributed by atoms with Crippen molar-refractivity contribution in [1.82, 2.24) is 5.32 Å². The Hall–Kier alpha value is -1.58. The van der Waals surface area contributed by atoms with Gasteiger partial charge in [0, 0.05) is 5.92 Å². The molecule has 0 radical (unpaired) electrons. The van der Waals surface area contributed by atoms with E-state index in [1.165, 1.54) is 5.56 Å². The molecule has 2 aromatic carbocycles. The normalized spacial score (nSPS) is 13.6. The lowest BCUT2D eigenvalue weighted by atomic mass is 9.92. The molecule has 5 heteroatoms. The molecule has 1 amide bonds. The van der Waals surface area contributed by atoms with Gasteiger partial charge in [0.25, 0.3) is 5.91 Å². The molecular formula is C19H20Cl2FNO. The number of amides is 1. The molecule has 0 fully saturated rings. The van der Waals surface area contributed by atoms with E-state index in [0.717, 1.165) is 16.7 Å². The summed E-state index contributed by atoms with van der Waals surface area (Å²) in [5, 5.41) is 2.54. The maximum Gasteiger partial charge on any atom is 0.253 e. The van der Waals surface area contributed by atoms with Crippen LogP contribution in [0.2, 0.25) is 0 Å². The van der Waals surface area contributed by atoms with Gasteiger partial charge in [0.15, 0.2) is 4.84 Å². The van der Waals surface area contributed by atoms with Crippen LogP contribution in [0.1, 0.15) is 24.0 Å². The molecule has 2 atom stereocenters. The number of rotatable bonds is 6. The SMILES string of the molecule is Cc1ccc(-c2ccc(C(C)C(CF)NC(=O)C(Cl)Cl)cc2)cc1. The molecule has 1 N–H and O–H groups in total. The molecule has 0 aliphatic heterocycles. The van der Waals surface area contributed by atoms with Gasteiger partial charge in [0.1, 0.15) is 6.67 Å². The van der Waals surface area contributed by atoms with Crippen molar-refractivity contribution in [3.63, 3.8) is 0 Å². The fraction of sp³-hybridized carbons (Fsp3) is 0.316. The van der Waals surface area contributed by atoms with E-state index in [1.807, 2.05) is 38.1 Å². The molecule has 2 nitrogen and oxygen atoms in total. The van der Waals surface area contributed by atoms with Gasteiger partial charge in [-0.1, -0.05) is 84.2 Å².